The Bertz CT molecular complexity index is 543. The first-order valence-electron chi connectivity index (χ1n) is 7.61. The van der Waals surface area contributed by atoms with E-state index in [1.807, 2.05) is 6.07 Å². The largest absolute Gasteiger partial charge is 0.316 e. The van der Waals surface area contributed by atoms with Crippen LogP contribution in [0, 0.1) is 5.92 Å². The molecular weight excluding hydrogens is 276 g/mol. The van der Waals surface area contributed by atoms with Gasteiger partial charge >= 0.3 is 0 Å². The quantitative estimate of drug-likeness (QED) is 0.571. The molecule has 0 aliphatic heterocycles. The zero-order valence-corrected chi connectivity index (χ0v) is 13.7. The van der Waals surface area contributed by atoms with Crippen molar-refractivity contribution in [3.05, 3.63) is 52.9 Å². The average molecular weight is 300 g/mol. The maximum atomic E-state index is 4.69. The smallest absolute Gasteiger partial charge is 0.0970 e. The Kier molecular flexibility index (Phi) is 6.64. The third-order valence-electron chi connectivity index (χ3n) is 3.12. The minimum atomic E-state index is 0.723. The fourth-order valence-electron chi connectivity index (χ4n) is 2.02. The molecule has 2 nitrogen and oxygen atoms in total. The lowest BCUT2D eigenvalue weighted by atomic mass is 10.2. The molecule has 112 valence electrons. The van der Waals surface area contributed by atoms with Crippen molar-refractivity contribution < 1.29 is 0 Å². The summed E-state index contributed by atoms with van der Waals surface area (Å²) in [6.07, 6.45) is 6.49. The van der Waals surface area contributed by atoms with Crippen molar-refractivity contribution >= 4 is 11.3 Å². The Morgan fingerprint density at radius 2 is 2.00 bits per heavy atom. The van der Waals surface area contributed by atoms with Crippen molar-refractivity contribution in [2.45, 2.75) is 26.7 Å². The Hall–Kier alpha value is -1.45. The van der Waals surface area contributed by atoms with Gasteiger partial charge in [0.2, 0.25) is 0 Å². The number of aromatic nitrogens is 1. The van der Waals surface area contributed by atoms with Gasteiger partial charge in [-0.2, -0.15) is 0 Å². The zero-order chi connectivity index (χ0) is 14.9. The summed E-state index contributed by atoms with van der Waals surface area (Å²) >= 11 is 1.74. The van der Waals surface area contributed by atoms with Gasteiger partial charge in [0.25, 0.3) is 0 Å². The van der Waals surface area contributed by atoms with Crippen LogP contribution in [0.1, 0.15) is 25.3 Å². The van der Waals surface area contributed by atoms with Crippen LogP contribution < -0.4 is 5.32 Å². The molecule has 2 aromatic rings. The molecule has 0 aliphatic carbocycles. The number of benzene rings is 1. The molecule has 0 bridgehead atoms. The molecule has 1 aromatic carbocycles. The molecule has 0 fully saturated rings. The second-order valence-electron chi connectivity index (χ2n) is 5.55. The molecule has 0 spiro atoms. The number of rotatable bonds is 8. The van der Waals surface area contributed by atoms with Crippen molar-refractivity contribution in [1.82, 2.24) is 10.3 Å². The van der Waals surface area contributed by atoms with Crippen LogP contribution in [0.2, 0.25) is 0 Å². The van der Waals surface area contributed by atoms with Gasteiger partial charge in [0.05, 0.1) is 10.7 Å². The fraction of sp³-hybridized carbons (Fsp3) is 0.389. The van der Waals surface area contributed by atoms with Crippen molar-refractivity contribution in [2.75, 3.05) is 13.1 Å². The predicted molar refractivity (Wildman–Crippen MR) is 92.7 cm³/mol. The van der Waals surface area contributed by atoms with Crippen LogP contribution in [0.4, 0.5) is 0 Å². The van der Waals surface area contributed by atoms with Gasteiger partial charge in [0.15, 0.2) is 0 Å². The lowest BCUT2D eigenvalue weighted by molar-refractivity contribution is 0.556. The first-order chi connectivity index (χ1) is 10.3. The highest BCUT2D eigenvalue weighted by Gasteiger charge is 2.02. The van der Waals surface area contributed by atoms with Gasteiger partial charge < -0.3 is 5.32 Å². The fourth-order valence-corrected chi connectivity index (χ4v) is 2.80. The molecule has 0 amide bonds. The first-order valence-corrected chi connectivity index (χ1v) is 8.49. The number of thiazole rings is 1. The van der Waals surface area contributed by atoms with Crippen LogP contribution in [0.25, 0.3) is 11.3 Å². The molecule has 1 aromatic heterocycles. The molecule has 1 heterocycles. The van der Waals surface area contributed by atoms with Gasteiger partial charge in [0, 0.05) is 17.4 Å². The molecule has 1 N–H and O–H groups in total. The van der Waals surface area contributed by atoms with Crippen molar-refractivity contribution in [2.24, 2.45) is 5.92 Å². The molecule has 0 saturated heterocycles. The number of hydrogen-bond acceptors (Lipinski definition) is 3. The van der Waals surface area contributed by atoms with Crippen LogP contribution in [0.3, 0.4) is 0 Å². The highest BCUT2D eigenvalue weighted by molar-refractivity contribution is 7.10. The lowest BCUT2D eigenvalue weighted by Crippen LogP contribution is -2.20. The van der Waals surface area contributed by atoms with Gasteiger partial charge in [-0.05, 0) is 25.4 Å². The topological polar surface area (TPSA) is 24.9 Å². The number of allylic oxidation sites excluding steroid dienone is 1. The lowest BCUT2D eigenvalue weighted by Gasteiger charge is -2.04. The van der Waals surface area contributed by atoms with Crippen LogP contribution >= 0.6 is 11.3 Å². The Balaban J connectivity index is 1.73. The van der Waals surface area contributed by atoms with E-state index in [1.54, 1.807) is 11.3 Å². The van der Waals surface area contributed by atoms with E-state index in [4.69, 9.17) is 0 Å². The SMILES string of the molecule is CC(C)CNCCC=CCc1nc(-c2ccccc2)cs1. The molecule has 0 saturated carbocycles. The average Bonchev–Trinajstić information content (AvgIpc) is 2.96. The molecule has 3 heteroatoms. The molecule has 0 unspecified atom stereocenters. The summed E-state index contributed by atoms with van der Waals surface area (Å²) in [5, 5.41) is 6.77. The highest BCUT2D eigenvalue weighted by Crippen LogP contribution is 2.21. The van der Waals surface area contributed by atoms with Gasteiger partial charge in [-0.3, -0.25) is 0 Å². The molecule has 21 heavy (non-hydrogen) atoms. The monoisotopic (exact) mass is 300 g/mol. The van der Waals surface area contributed by atoms with E-state index in [-0.39, 0.29) is 0 Å². The normalized spacial score (nSPS) is 11.6. The molecular formula is C18H24N2S. The molecule has 0 aliphatic rings. The summed E-state index contributed by atoms with van der Waals surface area (Å²) in [5.41, 5.74) is 2.28. The minimum Gasteiger partial charge on any atom is -0.316 e. The van der Waals surface area contributed by atoms with Crippen LogP contribution in [0.15, 0.2) is 47.9 Å². The standard InChI is InChI=1S/C18H24N2S/c1-15(2)13-19-12-8-4-7-11-18-20-17(14-21-18)16-9-5-3-6-10-16/h3-7,9-10,14-15,19H,8,11-13H2,1-2H3. The highest BCUT2D eigenvalue weighted by atomic mass is 32.1. The Morgan fingerprint density at radius 1 is 1.19 bits per heavy atom. The summed E-state index contributed by atoms with van der Waals surface area (Å²) in [7, 11) is 0. The Morgan fingerprint density at radius 3 is 2.76 bits per heavy atom. The zero-order valence-electron chi connectivity index (χ0n) is 12.9. The molecule has 0 atom stereocenters. The summed E-state index contributed by atoms with van der Waals surface area (Å²) in [6, 6.07) is 10.4. The molecule has 2 rings (SSSR count). The molecule has 0 radical (unpaired) electrons. The third-order valence-corrected chi connectivity index (χ3v) is 3.99. The second kappa shape index (κ2) is 8.75. The van der Waals surface area contributed by atoms with Gasteiger partial charge in [-0.15, -0.1) is 11.3 Å². The van der Waals surface area contributed by atoms with Crippen LogP contribution in [-0.2, 0) is 6.42 Å². The van der Waals surface area contributed by atoms with Crippen molar-refractivity contribution in [1.29, 1.82) is 0 Å². The van der Waals surface area contributed by atoms with E-state index in [0.717, 1.165) is 37.5 Å². The Labute approximate surface area is 131 Å². The van der Waals surface area contributed by atoms with Crippen LogP contribution in [0.5, 0.6) is 0 Å². The van der Waals surface area contributed by atoms with E-state index < -0.39 is 0 Å². The van der Waals surface area contributed by atoms with E-state index in [0.29, 0.717) is 0 Å². The third kappa shape index (κ3) is 5.82. The van der Waals surface area contributed by atoms with Crippen LogP contribution in [-0.4, -0.2) is 18.1 Å². The number of hydrogen-bond donors (Lipinski definition) is 1. The van der Waals surface area contributed by atoms with Crippen molar-refractivity contribution in [3.63, 3.8) is 0 Å². The maximum absolute atomic E-state index is 4.69. The van der Waals surface area contributed by atoms with Gasteiger partial charge in [-0.1, -0.05) is 56.3 Å². The van der Waals surface area contributed by atoms with Gasteiger partial charge in [-0.25, -0.2) is 4.98 Å². The predicted octanol–water partition coefficient (Wildman–Crippen LogP) is 4.54. The van der Waals surface area contributed by atoms with Gasteiger partial charge in [0.1, 0.15) is 0 Å². The maximum Gasteiger partial charge on any atom is 0.0970 e. The summed E-state index contributed by atoms with van der Waals surface area (Å²) in [5.74, 6) is 0.723. The summed E-state index contributed by atoms with van der Waals surface area (Å²) in [6.45, 7) is 6.62. The number of nitrogens with zero attached hydrogens (tertiary/aromatic N) is 1. The van der Waals surface area contributed by atoms with E-state index in [9.17, 15) is 0 Å². The van der Waals surface area contributed by atoms with E-state index in [1.165, 1.54) is 10.6 Å². The van der Waals surface area contributed by atoms with E-state index in [2.05, 4.69) is 65.9 Å². The number of nitrogens with one attached hydrogen (secondary N) is 1. The summed E-state index contributed by atoms with van der Waals surface area (Å²) in [4.78, 5) is 4.69. The summed E-state index contributed by atoms with van der Waals surface area (Å²) < 4.78 is 0. The second-order valence-corrected chi connectivity index (χ2v) is 6.50. The minimum absolute atomic E-state index is 0.723. The first kappa shape index (κ1) is 15.9. The van der Waals surface area contributed by atoms with E-state index >= 15 is 0 Å². The van der Waals surface area contributed by atoms with Crippen molar-refractivity contribution in [3.8, 4) is 11.3 Å².